The topological polar surface area (TPSA) is 59.0 Å². The number of nitrogens with one attached hydrogen (secondary N) is 2. The molecule has 1 atom stereocenters. The molecule has 1 aromatic heterocycles. The maximum absolute atomic E-state index is 12.0. The van der Waals surface area contributed by atoms with E-state index < -0.39 is 0 Å². The lowest BCUT2D eigenvalue weighted by atomic mass is 9.99. The van der Waals surface area contributed by atoms with Crippen molar-refractivity contribution in [2.75, 3.05) is 18.4 Å². The third kappa shape index (κ3) is 3.06. The van der Waals surface area contributed by atoms with E-state index in [0.29, 0.717) is 6.04 Å². The van der Waals surface area contributed by atoms with Gasteiger partial charge in [-0.25, -0.2) is 0 Å². The molecule has 5 heteroatoms. The van der Waals surface area contributed by atoms with Gasteiger partial charge < -0.3 is 10.6 Å². The lowest BCUT2D eigenvalue weighted by Crippen LogP contribution is -2.37. The van der Waals surface area contributed by atoms with Crippen molar-refractivity contribution in [3.05, 3.63) is 12.4 Å². The third-order valence-electron chi connectivity index (χ3n) is 3.07. The Hall–Kier alpha value is -1.36. The van der Waals surface area contributed by atoms with Crippen LogP contribution in [0.25, 0.3) is 0 Å². The fourth-order valence-corrected chi connectivity index (χ4v) is 2.00. The minimum absolute atomic E-state index is 0.0890. The first kappa shape index (κ1) is 12.1. The number of rotatable bonds is 3. The smallest absolute Gasteiger partial charge is 0.228 e. The molecule has 2 rings (SSSR count). The van der Waals surface area contributed by atoms with Gasteiger partial charge in [-0.2, -0.15) is 5.10 Å². The second-order valence-corrected chi connectivity index (χ2v) is 4.84. The van der Waals surface area contributed by atoms with Crippen molar-refractivity contribution in [1.29, 1.82) is 0 Å². The predicted molar refractivity (Wildman–Crippen MR) is 66.8 cm³/mol. The second kappa shape index (κ2) is 5.31. The highest BCUT2D eigenvalue weighted by Crippen LogP contribution is 2.15. The van der Waals surface area contributed by atoms with Crippen molar-refractivity contribution in [1.82, 2.24) is 15.1 Å². The number of piperidine rings is 1. The number of aromatic nitrogens is 2. The lowest BCUT2D eigenvalue weighted by Gasteiger charge is -2.21. The number of amides is 1. The summed E-state index contributed by atoms with van der Waals surface area (Å²) < 4.78 is 1.84. The van der Waals surface area contributed by atoms with E-state index in [1.807, 2.05) is 10.9 Å². The van der Waals surface area contributed by atoms with E-state index in [4.69, 9.17) is 0 Å². The van der Waals surface area contributed by atoms with Crippen molar-refractivity contribution >= 4 is 11.6 Å². The van der Waals surface area contributed by atoms with E-state index in [1.54, 1.807) is 6.20 Å². The zero-order chi connectivity index (χ0) is 12.3. The molecular weight excluding hydrogens is 216 g/mol. The van der Waals surface area contributed by atoms with Gasteiger partial charge in [-0.1, -0.05) is 0 Å². The molecule has 5 nitrogen and oxygen atoms in total. The van der Waals surface area contributed by atoms with Crippen LogP contribution in [0.5, 0.6) is 0 Å². The van der Waals surface area contributed by atoms with Gasteiger partial charge in [-0.15, -0.1) is 0 Å². The highest BCUT2D eigenvalue weighted by atomic mass is 16.1. The highest BCUT2D eigenvalue weighted by Gasteiger charge is 2.21. The number of nitrogens with zero attached hydrogens (tertiary/aromatic N) is 2. The van der Waals surface area contributed by atoms with Gasteiger partial charge in [-0.3, -0.25) is 9.48 Å². The predicted octanol–water partition coefficient (Wildman–Crippen LogP) is 1.40. The van der Waals surface area contributed by atoms with Crippen LogP contribution in [-0.4, -0.2) is 28.8 Å². The fourth-order valence-electron chi connectivity index (χ4n) is 2.00. The van der Waals surface area contributed by atoms with Crippen molar-refractivity contribution in [3.8, 4) is 0 Å². The molecular formula is C12H20N4O. The van der Waals surface area contributed by atoms with Crippen molar-refractivity contribution < 1.29 is 4.79 Å². The van der Waals surface area contributed by atoms with Crippen LogP contribution in [0.4, 0.5) is 5.69 Å². The standard InChI is InChI=1S/C12H20N4O/c1-9(2)16-8-11(7-14-16)15-12(17)10-4-3-5-13-6-10/h7-10,13H,3-6H2,1-2H3,(H,15,17). The van der Waals surface area contributed by atoms with Gasteiger partial charge >= 0.3 is 0 Å². The summed E-state index contributed by atoms with van der Waals surface area (Å²) in [6, 6.07) is 0.317. The molecule has 1 aliphatic heterocycles. The number of carbonyl (C=O) groups is 1. The number of carbonyl (C=O) groups excluding carboxylic acids is 1. The summed E-state index contributed by atoms with van der Waals surface area (Å²) >= 11 is 0. The van der Waals surface area contributed by atoms with Crippen molar-refractivity contribution in [3.63, 3.8) is 0 Å². The molecule has 17 heavy (non-hydrogen) atoms. The maximum atomic E-state index is 12.0. The van der Waals surface area contributed by atoms with Crippen LogP contribution in [0.3, 0.4) is 0 Å². The molecule has 0 aliphatic carbocycles. The number of hydrogen-bond donors (Lipinski definition) is 2. The third-order valence-corrected chi connectivity index (χ3v) is 3.07. The van der Waals surface area contributed by atoms with Crippen LogP contribution in [0, 0.1) is 5.92 Å². The van der Waals surface area contributed by atoms with Crippen LogP contribution < -0.4 is 10.6 Å². The number of hydrogen-bond acceptors (Lipinski definition) is 3. The Morgan fingerprint density at radius 2 is 2.47 bits per heavy atom. The fraction of sp³-hybridized carbons (Fsp3) is 0.667. The summed E-state index contributed by atoms with van der Waals surface area (Å²) in [6.45, 7) is 5.92. The molecule has 2 N–H and O–H groups in total. The molecule has 94 valence electrons. The maximum Gasteiger partial charge on any atom is 0.228 e. The minimum Gasteiger partial charge on any atom is -0.323 e. The SMILES string of the molecule is CC(C)n1cc(NC(=O)C2CCCNC2)cn1. The summed E-state index contributed by atoms with van der Waals surface area (Å²) in [5.41, 5.74) is 0.786. The Balaban J connectivity index is 1.92. The summed E-state index contributed by atoms with van der Waals surface area (Å²) in [4.78, 5) is 12.0. The zero-order valence-electron chi connectivity index (χ0n) is 10.4. The quantitative estimate of drug-likeness (QED) is 0.834. The van der Waals surface area contributed by atoms with E-state index in [2.05, 4.69) is 29.6 Å². The van der Waals surface area contributed by atoms with E-state index in [1.165, 1.54) is 0 Å². The first-order chi connectivity index (χ1) is 8.16. The Labute approximate surface area is 102 Å². The normalized spacial score (nSPS) is 20.5. The molecule has 1 saturated heterocycles. The van der Waals surface area contributed by atoms with Gasteiger partial charge in [0.1, 0.15) is 0 Å². The molecule has 2 heterocycles. The number of anilines is 1. The molecule has 1 aliphatic rings. The van der Waals surface area contributed by atoms with E-state index in [9.17, 15) is 4.79 Å². The molecule has 0 radical (unpaired) electrons. The first-order valence-corrected chi connectivity index (χ1v) is 6.22. The van der Waals surface area contributed by atoms with E-state index in [-0.39, 0.29) is 11.8 Å². The van der Waals surface area contributed by atoms with Crippen LogP contribution in [0.1, 0.15) is 32.7 Å². The van der Waals surface area contributed by atoms with Crippen LogP contribution >= 0.6 is 0 Å². The Morgan fingerprint density at radius 3 is 3.06 bits per heavy atom. The van der Waals surface area contributed by atoms with Gasteiger partial charge in [0, 0.05) is 18.8 Å². The van der Waals surface area contributed by atoms with Crippen LogP contribution in [0.15, 0.2) is 12.4 Å². The van der Waals surface area contributed by atoms with Gasteiger partial charge in [0.25, 0.3) is 0 Å². The summed E-state index contributed by atoms with van der Waals surface area (Å²) in [6.07, 6.45) is 5.62. The van der Waals surface area contributed by atoms with Crippen molar-refractivity contribution in [2.45, 2.75) is 32.7 Å². The molecule has 0 spiro atoms. The van der Waals surface area contributed by atoms with Crippen LogP contribution in [0.2, 0.25) is 0 Å². The van der Waals surface area contributed by atoms with Gasteiger partial charge in [0.2, 0.25) is 5.91 Å². The first-order valence-electron chi connectivity index (χ1n) is 6.22. The molecule has 0 bridgehead atoms. The van der Waals surface area contributed by atoms with Gasteiger partial charge in [0.05, 0.1) is 17.8 Å². The Bertz CT molecular complexity index is 380. The molecule has 0 saturated carbocycles. The molecule has 1 fully saturated rings. The van der Waals surface area contributed by atoms with Crippen LogP contribution in [-0.2, 0) is 4.79 Å². The van der Waals surface area contributed by atoms with Crippen molar-refractivity contribution in [2.24, 2.45) is 5.92 Å². The minimum atomic E-state index is 0.0890. The Kier molecular flexibility index (Phi) is 3.78. The lowest BCUT2D eigenvalue weighted by molar-refractivity contribution is -0.120. The monoisotopic (exact) mass is 236 g/mol. The Morgan fingerprint density at radius 1 is 1.65 bits per heavy atom. The average Bonchev–Trinajstić information content (AvgIpc) is 2.79. The van der Waals surface area contributed by atoms with E-state index in [0.717, 1.165) is 31.6 Å². The van der Waals surface area contributed by atoms with Gasteiger partial charge in [-0.05, 0) is 33.2 Å². The largest absolute Gasteiger partial charge is 0.323 e. The highest BCUT2D eigenvalue weighted by molar-refractivity contribution is 5.92. The summed E-state index contributed by atoms with van der Waals surface area (Å²) in [5.74, 6) is 0.187. The average molecular weight is 236 g/mol. The summed E-state index contributed by atoms with van der Waals surface area (Å²) in [7, 11) is 0. The summed E-state index contributed by atoms with van der Waals surface area (Å²) in [5, 5.41) is 10.4. The van der Waals surface area contributed by atoms with E-state index >= 15 is 0 Å². The van der Waals surface area contributed by atoms with Gasteiger partial charge in [0.15, 0.2) is 0 Å². The molecule has 1 aromatic rings. The molecule has 1 amide bonds. The second-order valence-electron chi connectivity index (χ2n) is 4.84. The molecule has 0 aromatic carbocycles. The zero-order valence-corrected chi connectivity index (χ0v) is 10.4. The molecule has 1 unspecified atom stereocenters.